The predicted molar refractivity (Wildman–Crippen MR) is 71.2 cm³/mol. The molecule has 124 valence electrons. The number of aliphatic hydroxyl groups excluding tert-OH is 3. The van der Waals surface area contributed by atoms with Gasteiger partial charge in [-0.15, -0.1) is 0 Å². The number of carbonyl (C=O) groups is 1. The number of rotatable bonds is 8. The molecule has 9 nitrogen and oxygen atoms in total. The Hall–Kier alpha value is -0.810. The Labute approximate surface area is 123 Å². The molecule has 1 aliphatic heterocycles. The van der Waals surface area contributed by atoms with Crippen molar-refractivity contribution < 1.29 is 34.3 Å². The summed E-state index contributed by atoms with van der Waals surface area (Å²) in [5.41, 5.74) is 5.27. The minimum Gasteiger partial charge on any atom is -0.394 e. The molecule has 1 amide bonds. The summed E-state index contributed by atoms with van der Waals surface area (Å²) in [4.78, 5) is 11.2. The van der Waals surface area contributed by atoms with Crippen molar-refractivity contribution in [2.75, 3.05) is 33.0 Å². The summed E-state index contributed by atoms with van der Waals surface area (Å²) in [5.74, 6) is -0.398. The SMILES string of the molecule is CC(=O)NC1[C@H](OCCOCCN)O[C@H](CO)[C@H](O)[C@@H]1O. The van der Waals surface area contributed by atoms with E-state index >= 15 is 0 Å². The van der Waals surface area contributed by atoms with Crippen molar-refractivity contribution in [1.82, 2.24) is 5.32 Å². The van der Waals surface area contributed by atoms with Gasteiger partial charge in [0.1, 0.15) is 24.4 Å². The first-order chi connectivity index (χ1) is 10.0. The van der Waals surface area contributed by atoms with E-state index in [2.05, 4.69) is 5.32 Å². The Balaban J connectivity index is 2.58. The van der Waals surface area contributed by atoms with Crippen LogP contribution in [0, 0.1) is 0 Å². The highest BCUT2D eigenvalue weighted by Crippen LogP contribution is 2.22. The summed E-state index contributed by atoms with van der Waals surface area (Å²) in [6, 6.07) is -0.935. The standard InChI is InChI=1S/C12H24N2O7/c1-7(16)14-9-11(18)10(17)8(6-15)21-12(9)20-5-4-19-3-2-13/h8-12,15,17-18H,2-6,13H2,1H3,(H,14,16)/t8-,9?,10+,11-,12-/m1/s1. The summed E-state index contributed by atoms with van der Waals surface area (Å²) in [6.07, 6.45) is -4.61. The molecule has 21 heavy (non-hydrogen) atoms. The van der Waals surface area contributed by atoms with E-state index in [0.29, 0.717) is 13.2 Å². The lowest BCUT2D eigenvalue weighted by molar-refractivity contribution is -0.272. The Kier molecular flexibility index (Phi) is 8.04. The van der Waals surface area contributed by atoms with Crippen molar-refractivity contribution in [2.45, 2.75) is 37.6 Å². The lowest BCUT2D eigenvalue weighted by atomic mass is 9.97. The fourth-order valence-corrected chi connectivity index (χ4v) is 2.02. The Morgan fingerprint density at radius 2 is 2.00 bits per heavy atom. The van der Waals surface area contributed by atoms with Crippen molar-refractivity contribution in [2.24, 2.45) is 5.73 Å². The maximum absolute atomic E-state index is 11.2. The first kappa shape index (κ1) is 18.2. The summed E-state index contributed by atoms with van der Waals surface area (Å²) in [5, 5.41) is 31.4. The highest BCUT2D eigenvalue weighted by Gasteiger charge is 2.45. The van der Waals surface area contributed by atoms with Crippen LogP contribution in [0.1, 0.15) is 6.92 Å². The van der Waals surface area contributed by atoms with Gasteiger partial charge in [0, 0.05) is 13.5 Å². The van der Waals surface area contributed by atoms with Gasteiger partial charge in [-0.3, -0.25) is 4.79 Å². The highest BCUT2D eigenvalue weighted by atomic mass is 16.7. The fraction of sp³-hybridized carbons (Fsp3) is 0.917. The van der Waals surface area contributed by atoms with E-state index in [0.717, 1.165) is 0 Å². The highest BCUT2D eigenvalue weighted by molar-refractivity contribution is 5.73. The molecule has 1 aliphatic rings. The van der Waals surface area contributed by atoms with Gasteiger partial charge in [-0.25, -0.2) is 0 Å². The van der Waals surface area contributed by atoms with E-state index in [1.54, 1.807) is 0 Å². The fourth-order valence-electron chi connectivity index (χ4n) is 2.02. The van der Waals surface area contributed by atoms with Gasteiger partial charge >= 0.3 is 0 Å². The third kappa shape index (κ3) is 5.47. The molecule has 0 aromatic rings. The zero-order valence-electron chi connectivity index (χ0n) is 12.0. The summed E-state index contributed by atoms with van der Waals surface area (Å²) >= 11 is 0. The van der Waals surface area contributed by atoms with E-state index in [1.165, 1.54) is 6.92 Å². The number of amides is 1. The number of hydrogen-bond donors (Lipinski definition) is 5. The van der Waals surface area contributed by atoms with E-state index in [4.69, 9.17) is 25.1 Å². The zero-order chi connectivity index (χ0) is 15.8. The maximum atomic E-state index is 11.2. The normalized spacial score (nSPS) is 32.9. The second kappa shape index (κ2) is 9.26. The number of nitrogens with two attached hydrogens (primary N) is 1. The van der Waals surface area contributed by atoms with Crippen LogP contribution in [0.15, 0.2) is 0 Å². The molecule has 0 saturated carbocycles. The third-order valence-electron chi connectivity index (χ3n) is 3.02. The first-order valence-electron chi connectivity index (χ1n) is 6.80. The predicted octanol–water partition coefficient (Wildman–Crippen LogP) is -3.08. The maximum Gasteiger partial charge on any atom is 0.217 e. The molecule has 5 atom stereocenters. The topological polar surface area (TPSA) is 144 Å². The zero-order valence-corrected chi connectivity index (χ0v) is 12.0. The van der Waals surface area contributed by atoms with Crippen LogP contribution in [-0.4, -0.2) is 84.8 Å². The van der Waals surface area contributed by atoms with E-state index in [9.17, 15) is 15.0 Å². The molecule has 0 spiro atoms. The van der Waals surface area contributed by atoms with Crippen LogP contribution in [0.2, 0.25) is 0 Å². The average Bonchev–Trinajstić information content (AvgIpc) is 2.45. The largest absolute Gasteiger partial charge is 0.394 e. The van der Waals surface area contributed by atoms with Gasteiger partial charge in [-0.05, 0) is 0 Å². The van der Waals surface area contributed by atoms with Gasteiger partial charge in [-0.2, -0.15) is 0 Å². The van der Waals surface area contributed by atoms with Crippen LogP contribution >= 0.6 is 0 Å². The number of hydrogen-bond acceptors (Lipinski definition) is 8. The van der Waals surface area contributed by atoms with Gasteiger partial charge in [0.05, 0.1) is 26.4 Å². The van der Waals surface area contributed by atoms with E-state index < -0.39 is 43.2 Å². The second-order valence-electron chi connectivity index (χ2n) is 4.70. The second-order valence-corrected chi connectivity index (χ2v) is 4.70. The minimum absolute atomic E-state index is 0.154. The van der Waals surface area contributed by atoms with Crippen molar-refractivity contribution in [3.63, 3.8) is 0 Å². The van der Waals surface area contributed by atoms with Crippen molar-refractivity contribution in [3.05, 3.63) is 0 Å². The molecule has 0 aromatic carbocycles. The monoisotopic (exact) mass is 308 g/mol. The Bertz CT molecular complexity index is 318. The van der Waals surface area contributed by atoms with Gasteiger partial charge in [0.25, 0.3) is 0 Å². The van der Waals surface area contributed by atoms with Crippen LogP contribution < -0.4 is 11.1 Å². The lowest BCUT2D eigenvalue weighted by Crippen LogP contribution is -2.64. The summed E-state index contributed by atoms with van der Waals surface area (Å²) < 4.78 is 15.9. The van der Waals surface area contributed by atoms with Gasteiger partial charge < -0.3 is 40.6 Å². The van der Waals surface area contributed by atoms with E-state index in [-0.39, 0.29) is 13.2 Å². The molecule has 6 N–H and O–H groups in total. The Morgan fingerprint density at radius 3 is 2.57 bits per heavy atom. The molecule has 1 heterocycles. The molecule has 0 radical (unpaired) electrons. The molecule has 0 aromatic heterocycles. The molecule has 9 heteroatoms. The van der Waals surface area contributed by atoms with Crippen LogP contribution in [0.25, 0.3) is 0 Å². The van der Waals surface area contributed by atoms with Crippen LogP contribution in [0.4, 0.5) is 0 Å². The molecule has 1 fully saturated rings. The van der Waals surface area contributed by atoms with E-state index in [1.807, 2.05) is 0 Å². The van der Waals surface area contributed by atoms with Crippen molar-refractivity contribution in [1.29, 1.82) is 0 Å². The molecule has 0 bridgehead atoms. The average molecular weight is 308 g/mol. The molecule has 1 unspecified atom stereocenters. The first-order valence-corrected chi connectivity index (χ1v) is 6.80. The summed E-state index contributed by atoms with van der Waals surface area (Å²) in [6.45, 7) is 2.01. The Morgan fingerprint density at radius 1 is 1.29 bits per heavy atom. The molecular formula is C12H24N2O7. The molecule has 1 rings (SSSR count). The number of nitrogens with one attached hydrogen (secondary N) is 1. The molecule has 0 aliphatic carbocycles. The summed E-state index contributed by atoms with van der Waals surface area (Å²) in [7, 11) is 0. The smallest absolute Gasteiger partial charge is 0.217 e. The van der Waals surface area contributed by atoms with Gasteiger partial charge in [0.15, 0.2) is 6.29 Å². The minimum atomic E-state index is -1.32. The quantitative estimate of drug-likeness (QED) is 0.297. The van der Waals surface area contributed by atoms with Gasteiger partial charge in [-0.1, -0.05) is 0 Å². The third-order valence-corrected chi connectivity index (χ3v) is 3.02. The van der Waals surface area contributed by atoms with Crippen LogP contribution in [0.5, 0.6) is 0 Å². The number of carbonyl (C=O) groups excluding carboxylic acids is 1. The molecular weight excluding hydrogens is 284 g/mol. The number of ether oxygens (including phenoxy) is 3. The number of aliphatic hydroxyl groups is 3. The lowest BCUT2D eigenvalue weighted by Gasteiger charge is -2.42. The van der Waals surface area contributed by atoms with Crippen LogP contribution in [0.3, 0.4) is 0 Å². The molecule has 1 saturated heterocycles. The van der Waals surface area contributed by atoms with Gasteiger partial charge in [0.2, 0.25) is 5.91 Å². The van der Waals surface area contributed by atoms with Crippen molar-refractivity contribution in [3.8, 4) is 0 Å². The van der Waals surface area contributed by atoms with Crippen LogP contribution in [-0.2, 0) is 19.0 Å². The van der Waals surface area contributed by atoms with Crippen molar-refractivity contribution >= 4 is 5.91 Å².